The van der Waals surface area contributed by atoms with Crippen molar-refractivity contribution in [1.82, 2.24) is 9.78 Å². The highest BCUT2D eigenvalue weighted by atomic mass is 16.4. The Morgan fingerprint density at radius 1 is 1.19 bits per heavy atom. The normalized spacial score (nSPS) is 10.9. The van der Waals surface area contributed by atoms with Crippen molar-refractivity contribution in [2.75, 3.05) is 0 Å². The van der Waals surface area contributed by atoms with Gasteiger partial charge in [-0.3, -0.25) is 14.7 Å². The van der Waals surface area contributed by atoms with Crippen molar-refractivity contribution in [3.05, 3.63) is 68.6 Å². The molecule has 0 bridgehead atoms. The van der Waals surface area contributed by atoms with E-state index in [1.807, 2.05) is 0 Å². The van der Waals surface area contributed by atoms with Gasteiger partial charge in [-0.2, -0.15) is 0 Å². The molecule has 0 fully saturated rings. The van der Waals surface area contributed by atoms with Crippen LogP contribution in [0.1, 0.15) is 16.1 Å². The van der Waals surface area contributed by atoms with E-state index in [2.05, 4.69) is 5.10 Å². The first-order chi connectivity index (χ1) is 10.1. The molecule has 0 aliphatic rings. The fraction of sp³-hybridized carbons (Fsp3) is 0.0714. The van der Waals surface area contributed by atoms with Gasteiger partial charge in [0.15, 0.2) is 0 Å². The maximum atomic E-state index is 12.3. The average Bonchev–Trinajstić information content (AvgIpc) is 2.93. The minimum Gasteiger partial charge on any atom is -0.475 e. The lowest BCUT2D eigenvalue weighted by Gasteiger charge is -2.06. The molecule has 3 rings (SSSR count). The molecule has 0 atom stereocenters. The van der Waals surface area contributed by atoms with Crippen molar-refractivity contribution in [2.24, 2.45) is 0 Å². The van der Waals surface area contributed by atoms with Gasteiger partial charge in [0.1, 0.15) is 0 Å². The Labute approximate surface area is 117 Å². The van der Waals surface area contributed by atoms with Crippen LogP contribution in [-0.4, -0.2) is 20.9 Å². The quantitative estimate of drug-likeness (QED) is 0.748. The first-order valence-electron chi connectivity index (χ1n) is 6.09. The van der Waals surface area contributed by atoms with Gasteiger partial charge in [0.2, 0.25) is 5.76 Å². The zero-order valence-corrected chi connectivity index (χ0v) is 10.7. The third-order valence-corrected chi connectivity index (χ3v) is 3.15. The minimum atomic E-state index is -1.23. The Bertz CT molecular complexity index is 948. The predicted molar refractivity (Wildman–Crippen MR) is 73.6 cm³/mol. The number of hydrogen-bond donors (Lipinski definition) is 2. The predicted octanol–water partition coefficient (Wildman–Crippen LogP) is 1.03. The fourth-order valence-corrected chi connectivity index (χ4v) is 2.18. The number of H-pyrrole nitrogens is 1. The smallest absolute Gasteiger partial charge is 0.372 e. The maximum absolute atomic E-state index is 12.3. The SMILES string of the molecule is O=C(O)c1occc1Cn1[nH]c(=O)c2ccccc2c1=O. The fourth-order valence-electron chi connectivity index (χ4n) is 2.18. The number of carbonyl (C=O) groups is 1. The second-order valence-corrected chi connectivity index (χ2v) is 4.46. The van der Waals surface area contributed by atoms with Gasteiger partial charge in [0.25, 0.3) is 11.1 Å². The van der Waals surface area contributed by atoms with E-state index >= 15 is 0 Å². The molecule has 3 aromatic rings. The number of aromatic amines is 1. The summed E-state index contributed by atoms with van der Waals surface area (Å²) in [6.45, 7) is -0.0863. The highest BCUT2D eigenvalue weighted by Crippen LogP contribution is 2.11. The molecule has 0 saturated carbocycles. The molecule has 7 nitrogen and oxygen atoms in total. The number of nitrogens with zero attached hydrogens (tertiary/aromatic N) is 1. The largest absolute Gasteiger partial charge is 0.475 e. The van der Waals surface area contributed by atoms with E-state index in [-0.39, 0.29) is 17.7 Å². The lowest BCUT2D eigenvalue weighted by Crippen LogP contribution is -2.30. The van der Waals surface area contributed by atoms with Gasteiger partial charge < -0.3 is 9.52 Å². The first-order valence-corrected chi connectivity index (χ1v) is 6.09. The van der Waals surface area contributed by atoms with E-state index in [1.165, 1.54) is 12.3 Å². The second kappa shape index (κ2) is 4.78. The summed E-state index contributed by atoms with van der Waals surface area (Å²) in [5.41, 5.74) is -0.510. The van der Waals surface area contributed by atoms with Gasteiger partial charge in [-0.1, -0.05) is 12.1 Å². The number of benzene rings is 1. The molecular formula is C14H10N2O5. The van der Waals surface area contributed by atoms with Gasteiger partial charge in [0, 0.05) is 5.56 Å². The van der Waals surface area contributed by atoms with Crippen LogP contribution in [0.25, 0.3) is 10.8 Å². The molecule has 21 heavy (non-hydrogen) atoms. The second-order valence-electron chi connectivity index (χ2n) is 4.46. The van der Waals surface area contributed by atoms with Crippen molar-refractivity contribution in [1.29, 1.82) is 0 Å². The van der Waals surface area contributed by atoms with Crippen LogP contribution in [-0.2, 0) is 6.54 Å². The summed E-state index contributed by atoms with van der Waals surface area (Å²) in [6.07, 6.45) is 1.23. The van der Waals surface area contributed by atoms with Crippen molar-refractivity contribution in [2.45, 2.75) is 6.54 Å². The summed E-state index contributed by atoms with van der Waals surface area (Å²) in [5.74, 6) is -1.48. The lowest BCUT2D eigenvalue weighted by atomic mass is 10.2. The molecule has 0 amide bonds. The number of rotatable bonds is 3. The van der Waals surface area contributed by atoms with Crippen LogP contribution in [0.2, 0.25) is 0 Å². The molecule has 0 spiro atoms. The Balaban J connectivity index is 2.16. The van der Waals surface area contributed by atoms with Crippen LogP contribution < -0.4 is 11.1 Å². The Morgan fingerprint density at radius 3 is 2.62 bits per heavy atom. The molecule has 0 aliphatic heterocycles. The van der Waals surface area contributed by atoms with Crippen LogP contribution in [0, 0.1) is 0 Å². The van der Waals surface area contributed by atoms with Crippen LogP contribution in [0.15, 0.2) is 50.6 Å². The molecule has 1 aromatic carbocycles. The highest BCUT2D eigenvalue weighted by Gasteiger charge is 2.15. The molecule has 0 radical (unpaired) electrons. The summed E-state index contributed by atoms with van der Waals surface area (Å²) in [5, 5.41) is 12.0. The standard InChI is InChI=1S/C14H10N2O5/c17-12-9-3-1-2-4-10(9)13(18)16(15-12)7-8-5-6-21-11(8)14(19)20/h1-6H,7H2,(H,15,17)(H,19,20). The number of carboxylic acid groups (broad SMARTS) is 1. The zero-order chi connectivity index (χ0) is 15.0. The van der Waals surface area contributed by atoms with Crippen molar-refractivity contribution in [3.8, 4) is 0 Å². The van der Waals surface area contributed by atoms with E-state index < -0.39 is 17.1 Å². The Hall–Kier alpha value is -3.09. The molecular weight excluding hydrogens is 276 g/mol. The summed E-state index contributed by atoms with van der Waals surface area (Å²) in [7, 11) is 0. The summed E-state index contributed by atoms with van der Waals surface area (Å²) < 4.78 is 5.92. The third-order valence-electron chi connectivity index (χ3n) is 3.15. The lowest BCUT2D eigenvalue weighted by molar-refractivity contribution is 0.0660. The monoisotopic (exact) mass is 286 g/mol. The van der Waals surface area contributed by atoms with Crippen molar-refractivity contribution in [3.63, 3.8) is 0 Å². The van der Waals surface area contributed by atoms with E-state index in [0.717, 1.165) is 4.68 Å². The summed E-state index contributed by atoms with van der Waals surface area (Å²) in [6, 6.07) is 7.88. The zero-order valence-electron chi connectivity index (χ0n) is 10.7. The first kappa shape index (κ1) is 12.9. The van der Waals surface area contributed by atoms with E-state index in [4.69, 9.17) is 9.52 Å². The van der Waals surface area contributed by atoms with Crippen LogP contribution in [0.3, 0.4) is 0 Å². The Morgan fingerprint density at radius 2 is 1.90 bits per heavy atom. The van der Waals surface area contributed by atoms with Crippen molar-refractivity contribution >= 4 is 16.7 Å². The van der Waals surface area contributed by atoms with Gasteiger partial charge in [-0.05, 0) is 18.2 Å². The minimum absolute atomic E-state index is 0.0863. The Kier molecular flexibility index (Phi) is 2.94. The number of aromatic carboxylic acids is 1. The van der Waals surface area contributed by atoms with E-state index in [9.17, 15) is 14.4 Å². The molecule has 0 saturated heterocycles. The number of carboxylic acids is 1. The molecule has 106 valence electrons. The highest BCUT2D eigenvalue weighted by molar-refractivity contribution is 5.86. The van der Waals surface area contributed by atoms with Gasteiger partial charge >= 0.3 is 5.97 Å². The number of furan rings is 1. The molecule has 0 unspecified atom stereocenters. The topological polar surface area (TPSA) is 105 Å². The third kappa shape index (κ3) is 2.14. The summed E-state index contributed by atoms with van der Waals surface area (Å²) in [4.78, 5) is 35.2. The summed E-state index contributed by atoms with van der Waals surface area (Å²) >= 11 is 0. The van der Waals surface area contributed by atoms with Gasteiger partial charge in [-0.15, -0.1) is 0 Å². The average molecular weight is 286 g/mol. The molecule has 2 aromatic heterocycles. The number of nitrogens with one attached hydrogen (secondary N) is 1. The van der Waals surface area contributed by atoms with Gasteiger partial charge in [-0.25, -0.2) is 9.48 Å². The molecule has 7 heteroatoms. The molecule has 2 heterocycles. The maximum Gasteiger partial charge on any atom is 0.372 e. The van der Waals surface area contributed by atoms with Crippen molar-refractivity contribution < 1.29 is 14.3 Å². The number of hydrogen-bond acceptors (Lipinski definition) is 4. The molecule has 0 aliphatic carbocycles. The van der Waals surface area contributed by atoms with Gasteiger partial charge in [0.05, 0.1) is 23.6 Å². The molecule has 2 N–H and O–H groups in total. The van der Waals surface area contributed by atoms with E-state index in [1.54, 1.807) is 24.3 Å². The van der Waals surface area contributed by atoms with Crippen LogP contribution in [0.4, 0.5) is 0 Å². The van der Waals surface area contributed by atoms with Crippen LogP contribution in [0.5, 0.6) is 0 Å². The number of fused-ring (bicyclic) bond motifs is 1. The number of aromatic nitrogens is 2. The van der Waals surface area contributed by atoms with E-state index in [0.29, 0.717) is 10.9 Å². The van der Waals surface area contributed by atoms with Crippen LogP contribution >= 0.6 is 0 Å².